The molecule has 0 bridgehead atoms. The molecule has 0 unspecified atom stereocenters. The zero-order chi connectivity index (χ0) is 17.5. The fourth-order valence-corrected chi connectivity index (χ4v) is 2.38. The van der Waals surface area contributed by atoms with Crippen molar-refractivity contribution in [3.8, 4) is 5.75 Å². The monoisotopic (exact) mass is 329 g/mol. The molecule has 0 spiro atoms. The van der Waals surface area contributed by atoms with Gasteiger partial charge >= 0.3 is 0 Å². The van der Waals surface area contributed by atoms with E-state index in [-0.39, 0.29) is 11.7 Å². The molecular weight excluding hydrogens is 305 g/mol. The SMILES string of the molecule is Cc1ccc(C)c(O[C@@H](C)C(=O)NCCCc2ccc(F)cc2)c1. The summed E-state index contributed by atoms with van der Waals surface area (Å²) in [6, 6.07) is 12.4. The van der Waals surface area contributed by atoms with Gasteiger partial charge in [0.15, 0.2) is 6.10 Å². The van der Waals surface area contributed by atoms with Gasteiger partial charge < -0.3 is 10.1 Å². The van der Waals surface area contributed by atoms with Gasteiger partial charge in [-0.3, -0.25) is 4.79 Å². The Morgan fingerprint density at radius 3 is 2.58 bits per heavy atom. The highest BCUT2D eigenvalue weighted by atomic mass is 19.1. The predicted molar refractivity (Wildman–Crippen MR) is 93.7 cm³/mol. The van der Waals surface area contributed by atoms with Crippen molar-refractivity contribution in [3.63, 3.8) is 0 Å². The Labute approximate surface area is 142 Å². The molecular formula is C20H24FNO2. The van der Waals surface area contributed by atoms with Crippen LogP contribution in [0.15, 0.2) is 42.5 Å². The minimum absolute atomic E-state index is 0.130. The van der Waals surface area contributed by atoms with Crippen molar-refractivity contribution in [2.45, 2.75) is 39.7 Å². The molecule has 2 aromatic carbocycles. The highest BCUT2D eigenvalue weighted by molar-refractivity contribution is 5.80. The first-order chi connectivity index (χ1) is 11.5. The van der Waals surface area contributed by atoms with E-state index in [2.05, 4.69) is 5.32 Å². The summed E-state index contributed by atoms with van der Waals surface area (Å²) >= 11 is 0. The smallest absolute Gasteiger partial charge is 0.260 e. The summed E-state index contributed by atoms with van der Waals surface area (Å²) in [6.45, 7) is 6.27. The first-order valence-electron chi connectivity index (χ1n) is 8.22. The van der Waals surface area contributed by atoms with Crippen LogP contribution in [0.25, 0.3) is 0 Å². The summed E-state index contributed by atoms with van der Waals surface area (Å²) in [4.78, 5) is 12.1. The van der Waals surface area contributed by atoms with Crippen LogP contribution in [0.4, 0.5) is 4.39 Å². The van der Waals surface area contributed by atoms with Crippen molar-refractivity contribution < 1.29 is 13.9 Å². The number of ether oxygens (including phenoxy) is 1. The molecule has 4 heteroatoms. The molecule has 24 heavy (non-hydrogen) atoms. The third-order valence-electron chi connectivity index (χ3n) is 3.87. The maximum absolute atomic E-state index is 12.8. The van der Waals surface area contributed by atoms with Gasteiger partial charge in [0.1, 0.15) is 11.6 Å². The maximum atomic E-state index is 12.8. The lowest BCUT2D eigenvalue weighted by molar-refractivity contribution is -0.127. The van der Waals surface area contributed by atoms with E-state index >= 15 is 0 Å². The Kier molecular flexibility index (Phi) is 6.36. The van der Waals surface area contributed by atoms with Gasteiger partial charge in [0, 0.05) is 6.54 Å². The average molecular weight is 329 g/mol. The first-order valence-corrected chi connectivity index (χ1v) is 8.22. The lowest BCUT2D eigenvalue weighted by Crippen LogP contribution is -2.37. The number of benzene rings is 2. The number of hydrogen-bond acceptors (Lipinski definition) is 2. The van der Waals surface area contributed by atoms with Crippen LogP contribution in [0, 0.1) is 19.7 Å². The molecule has 0 radical (unpaired) electrons. The number of aryl methyl sites for hydroxylation is 3. The van der Waals surface area contributed by atoms with Gasteiger partial charge in [-0.1, -0.05) is 24.3 Å². The van der Waals surface area contributed by atoms with Crippen LogP contribution in [0.1, 0.15) is 30.0 Å². The van der Waals surface area contributed by atoms with Gasteiger partial charge in [-0.05, 0) is 68.5 Å². The third kappa shape index (κ3) is 5.37. The van der Waals surface area contributed by atoms with Crippen LogP contribution in [0.3, 0.4) is 0 Å². The number of halogens is 1. The van der Waals surface area contributed by atoms with Crippen molar-refractivity contribution in [1.29, 1.82) is 0 Å². The molecule has 128 valence electrons. The van der Waals surface area contributed by atoms with Gasteiger partial charge in [-0.2, -0.15) is 0 Å². The van der Waals surface area contributed by atoms with E-state index in [4.69, 9.17) is 4.74 Å². The Bertz CT molecular complexity index is 683. The largest absolute Gasteiger partial charge is 0.481 e. The number of carbonyl (C=O) groups excluding carboxylic acids is 1. The second-order valence-electron chi connectivity index (χ2n) is 6.05. The molecule has 0 saturated heterocycles. The number of carbonyl (C=O) groups is 1. The molecule has 0 heterocycles. The molecule has 0 saturated carbocycles. The molecule has 1 amide bonds. The Morgan fingerprint density at radius 1 is 1.17 bits per heavy atom. The van der Waals surface area contributed by atoms with Gasteiger partial charge in [-0.15, -0.1) is 0 Å². The van der Waals surface area contributed by atoms with Crippen LogP contribution in [0.5, 0.6) is 5.75 Å². The molecule has 1 N–H and O–H groups in total. The molecule has 2 aromatic rings. The summed E-state index contributed by atoms with van der Waals surface area (Å²) in [6.07, 6.45) is 1.05. The summed E-state index contributed by atoms with van der Waals surface area (Å²) in [5.41, 5.74) is 3.17. The lowest BCUT2D eigenvalue weighted by atomic mass is 10.1. The molecule has 0 fully saturated rings. The second-order valence-corrected chi connectivity index (χ2v) is 6.05. The molecule has 3 nitrogen and oxygen atoms in total. The van der Waals surface area contributed by atoms with Crippen molar-refractivity contribution in [3.05, 3.63) is 65.0 Å². The number of rotatable bonds is 7. The Morgan fingerprint density at radius 2 is 1.88 bits per heavy atom. The van der Waals surface area contributed by atoms with Gasteiger partial charge in [-0.25, -0.2) is 4.39 Å². The van der Waals surface area contributed by atoms with Crippen molar-refractivity contribution in [2.24, 2.45) is 0 Å². The Hall–Kier alpha value is -2.36. The lowest BCUT2D eigenvalue weighted by Gasteiger charge is -2.16. The van der Waals surface area contributed by atoms with Gasteiger partial charge in [0.2, 0.25) is 0 Å². The standard InChI is InChI=1S/C20H24FNO2/c1-14-6-7-15(2)19(13-14)24-16(3)20(23)22-12-4-5-17-8-10-18(21)11-9-17/h6-11,13,16H,4-5,12H2,1-3H3,(H,22,23)/t16-/m0/s1. The predicted octanol–water partition coefficient (Wildman–Crippen LogP) is 3.96. The van der Waals surface area contributed by atoms with Gasteiger partial charge in [0.25, 0.3) is 5.91 Å². The molecule has 0 aliphatic heterocycles. The highest BCUT2D eigenvalue weighted by Crippen LogP contribution is 2.20. The quantitative estimate of drug-likeness (QED) is 0.781. The van der Waals surface area contributed by atoms with E-state index in [1.807, 2.05) is 32.0 Å². The van der Waals surface area contributed by atoms with Crippen LogP contribution in [-0.4, -0.2) is 18.6 Å². The van der Waals surface area contributed by atoms with Crippen molar-refractivity contribution in [2.75, 3.05) is 6.54 Å². The maximum Gasteiger partial charge on any atom is 0.260 e. The summed E-state index contributed by atoms with van der Waals surface area (Å²) < 4.78 is 18.6. The second kappa shape index (κ2) is 8.48. The van der Waals surface area contributed by atoms with E-state index in [0.29, 0.717) is 6.54 Å². The summed E-state index contributed by atoms with van der Waals surface area (Å²) in [7, 11) is 0. The number of amides is 1. The average Bonchev–Trinajstić information content (AvgIpc) is 2.56. The molecule has 1 atom stereocenters. The molecule has 0 aliphatic carbocycles. The number of nitrogens with one attached hydrogen (secondary N) is 1. The molecule has 2 rings (SSSR count). The molecule has 0 aliphatic rings. The number of hydrogen-bond donors (Lipinski definition) is 1. The molecule has 0 aromatic heterocycles. The van der Waals surface area contributed by atoms with Crippen LogP contribution >= 0.6 is 0 Å². The summed E-state index contributed by atoms with van der Waals surface area (Å²) in [5, 5.41) is 2.88. The minimum atomic E-state index is -0.545. The van der Waals surface area contributed by atoms with Gasteiger partial charge in [0.05, 0.1) is 0 Å². The third-order valence-corrected chi connectivity index (χ3v) is 3.87. The van der Waals surface area contributed by atoms with E-state index in [1.165, 1.54) is 12.1 Å². The fraction of sp³-hybridized carbons (Fsp3) is 0.350. The zero-order valence-electron chi connectivity index (χ0n) is 14.4. The van der Waals surface area contributed by atoms with E-state index in [1.54, 1.807) is 19.1 Å². The van der Waals surface area contributed by atoms with Crippen LogP contribution < -0.4 is 10.1 Å². The van der Waals surface area contributed by atoms with Crippen LogP contribution in [0.2, 0.25) is 0 Å². The first kappa shape index (κ1) is 18.0. The minimum Gasteiger partial charge on any atom is -0.481 e. The zero-order valence-corrected chi connectivity index (χ0v) is 14.4. The normalized spacial score (nSPS) is 11.8. The van der Waals surface area contributed by atoms with E-state index < -0.39 is 6.10 Å². The summed E-state index contributed by atoms with van der Waals surface area (Å²) in [5.74, 6) is 0.378. The highest BCUT2D eigenvalue weighted by Gasteiger charge is 2.15. The van der Waals surface area contributed by atoms with Crippen molar-refractivity contribution >= 4 is 5.91 Å². The van der Waals surface area contributed by atoms with Crippen molar-refractivity contribution in [1.82, 2.24) is 5.32 Å². The fourth-order valence-electron chi connectivity index (χ4n) is 2.38. The van der Waals surface area contributed by atoms with E-state index in [9.17, 15) is 9.18 Å². The van der Waals surface area contributed by atoms with Crippen LogP contribution in [-0.2, 0) is 11.2 Å². The Balaban J connectivity index is 1.75. The van der Waals surface area contributed by atoms with E-state index in [0.717, 1.165) is 35.3 Å². The topological polar surface area (TPSA) is 38.3 Å².